The number of hydrogen-bond donors (Lipinski definition) is 1. The number of hydrogen-bond acceptors (Lipinski definition) is 5. The fourth-order valence-electron chi connectivity index (χ4n) is 3.39. The Bertz CT molecular complexity index is 511. The van der Waals surface area contributed by atoms with E-state index in [9.17, 15) is 4.79 Å². The highest BCUT2D eigenvalue weighted by Crippen LogP contribution is 2.56. The van der Waals surface area contributed by atoms with E-state index in [4.69, 9.17) is 4.74 Å². The Balaban J connectivity index is 1.66. The second-order valence-electron chi connectivity index (χ2n) is 6.08. The van der Waals surface area contributed by atoms with Crippen LogP contribution in [0.15, 0.2) is 24.2 Å². The average molecular weight is 321 g/mol. The molecule has 1 atom stereocenters. The van der Waals surface area contributed by atoms with Gasteiger partial charge < -0.3 is 15.0 Å². The summed E-state index contributed by atoms with van der Waals surface area (Å²) in [5, 5.41) is 6.36. The number of thiazole rings is 1. The highest BCUT2D eigenvalue weighted by molar-refractivity contribution is 7.09. The summed E-state index contributed by atoms with van der Waals surface area (Å²) in [5.41, 5.74) is 0.330. The molecule has 0 aromatic carbocycles. The van der Waals surface area contributed by atoms with Gasteiger partial charge in [0, 0.05) is 17.6 Å². The number of aromatic nitrogens is 1. The van der Waals surface area contributed by atoms with Gasteiger partial charge in [-0.05, 0) is 37.8 Å². The van der Waals surface area contributed by atoms with Crippen LogP contribution in [0.2, 0.25) is 0 Å². The first-order valence-corrected chi connectivity index (χ1v) is 8.70. The molecule has 0 bridgehead atoms. The molecule has 1 spiro atoms. The zero-order chi connectivity index (χ0) is 15.4. The van der Waals surface area contributed by atoms with Crippen molar-refractivity contribution in [2.24, 2.45) is 5.41 Å². The van der Waals surface area contributed by atoms with Crippen LogP contribution in [0.1, 0.15) is 24.3 Å². The molecule has 120 valence electrons. The van der Waals surface area contributed by atoms with E-state index in [2.05, 4.69) is 16.9 Å². The summed E-state index contributed by atoms with van der Waals surface area (Å²) in [6.45, 7) is 6.88. The minimum Gasteiger partial charge on any atom is -0.368 e. The second-order valence-corrected chi connectivity index (χ2v) is 7.06. The summed E-state index contributed by atoms with van der Waals surface area (Å²) >= 11 is 1.60. The van der Waals surface area contributed by atoms with Crippen LogP contribution in [0.5, 0.6) is 0 Å². The molecule has 1 saturated heterocycles. The summed E-state index contributed by atoms with van der Waals surface area (Å²) in [5.74, 6) is 0.0671. The SMILES string of the molecule is C=CCOCC(=O)N(Cc1nccs1)C1CC12CCNCC2. The maximum absolute atomic E-state index is 12.6. The van der Waals surface area contributed by atoms with Gasteiger partial charge in [-0.3, -0.25) is 4.79 Å². The van der Waals surface area contributed by atoms with Crippen LogP contribution >= 0.6 is 11.3 Å². The van der Waals surface area contributed by atoms with E-state index < -0.39 is 0 Å². The van der Waals surface area contributed by atoms with Crippen LogP contribution in [0.25, 0.3) is 0 Å². The quantitative estimate of drug-likeness (QED) is 0.615. The molecule has 1 unspecified atom stereocenters. The average Bonchev–Trinajstić information content (AvgIpc) is 2.98. The van der Waals surface area contributed by atoms with Crippen molar-refractivity contribution in [2.75, 3.05) is 26.3 Å². The van der Waals surface area contributed by atoms with Gasteiger partial charge >= 0.3 is 0 Å². The first-order valence-electron chi connectivity index (χ1n) is 7.82. The van der Waals surface area contributed by atoms with E-state index in [-0.39, 0.29) is 12.5 Å². The molecule has 1 saturated carbocycles. The lowest BCUT2D eigenvalue weighted by atomic mass is 9.93. The smallest absolute Gasteiger partial charge is 0.249 e. The first kappa shape index (κ1) is 15.6. The number of rotatable bonds is 7. The summed E-state index contributed by atoms with van der Waals surface area (Å²) in [6.07, 6.45) is 6.90. The molecule has 1 aromatic heterocycles. The Hall–Kier alpha value is -1.24. The third-order valence-corrected chi connectivity index (χ3v) is 5.46. The second kappa shape index (κ2) is 6.89. The fourth-order valence-corrected chi connectivity index (χ4v) is 4.00. The molecule has 1 N–H and O–H groups in total. The van der Waals surface area contributed by atoms with Crippen molar-refractivity contribution in [1.82, 2.24) is 15.2 Å². The number of amides is 1. The molecule has 0 radical (unpaired) electrons. The van der Waals surface area contributed by atoms with Crippen molar-refractivity contribution in [1.29, 1.82) is 0 Å². The molecular formula is C16H23N3O2S. The molecule has 1 aliphatic carbocycles. The van der Waals surface area contributed by atoms with Gasteiger partial charge in [0.1, 0.15) is 11.6 Å². The van der Waals surface area contributed by atoms with E-state index in [0.717, 1.165) is 37.4 Å². The normalized spacial score (nSPS) is 22.5. The monoisotopic (exact) mass is 321 g/mol. The molecule has 22 heavy (non-hydrogen) atoms. The Morgan fingerprint density at radius 3 is 3.09 bits per heavy atom. The minimum absolute atomic E-state index is 0.0671. The molecule has 3 rings (SSSR count). The summed E-state index contributed by atoms with van der Waals surface area (Å²) in [4.78, 5) is 18.9. The number of carbonyl (C=O) groups excluding carboxylic acids is 1. The predicted molar refractivity (Wildman–Crippen MR) is 86.6 cm³/mol. The summed E-state index contributed by atoms with van der Waals surface area (Å²) in [6, 6.07) is 0.346. The Morgan fingerprint density at radius 1 is 1.59 bits per heavy atom. The molecular weight excluding hydrogens is 298 g/mol. The van der Waals surface area contributed by atoms with E-state index in [0.29, 0.717) is 24.6 Å². The molecule has 6 heteroatoms. The van der Waals surface area contributed by atoms with Crippen LogP contribution in [-0.2, 0) is 16.1 Å². The van der Waals surface area contributed by atoms with Crippen molar-refractivity contribution in [3.8, 4) is 0 Å². The zero-order valence-electron chi connectivity index (χ0n) is 12.8. The van der Waals surface area contributed by atoms with Crippen molar-refractivity contribution in [3.05, 3.63) is 29.2 Å². The zero-order valence-corrected chi connectivity index (χ0v) is 13.6. The number of carbonyl (C=O) groups is 1. The van der Waals surface area contributed by atoms with E-state index in [1.165, 1.54) is 0 Å². The molecule has 1 amide bonds. The van der Waals surface area contributed by atoms with Gasteiger partial charge in [-0.15, -0.1) is 17.9 Å². The highest BCUT2D eigenvalue weighted by Gasteiger charge is 2.57. The standard InChI is InChI=1S/C16H23N3O2S/c1-2-8-21-12-15(20)19(11-14-18-7-9-22-14)13-10-16(13)3-5-17-6-4-16/h2,7,9,13,17H,1,3-6,8,10-12H2. The molecule has 2 heterocycles. The van der Waals surface area contributed by atoms with Gasteiger partial charge in [0.05, 0.1) is 13.2 Å². The van der Waals surface area contributed by atoms with E-state index >= 15 is 0 Å². The van der Waals surface area contributed by atoms with Crippen molar-refractivity contribution >= 4 is 17.2 Å². The van der Waals surface area contributed by atoms with Crippen molar-refractivity contribution < 1.29 is 9.53 Å². The lowest BCUT2D eigenvalue weighted by Gasteiger charge is -2.29. The molecule has 1 aliphatic heterocycles. The molecule has 1 aromatic rings. The number of piperidine rings is 1. The molecule has 5 nitrogen and oxygen atoms in total. The number of nitrogens with one attached hydrogen (secondary N) is 1. The van der Waals surface area contributed by atoms with Crippen LogP contribution < -0.4 is 5.32 Å². The third-order valence-electron chi connectivity index (χ3n) is 4.69. The topological polar surface area (TPSA) is 54.5 Å². The van der Waals surface area contributed by atoms with Gasteiger partial charge in [-0.1, -0.05) is 6.08 Å². The maximum atomic E-state index is 12.6. The first-order chi connectivity index (χ1) is 10.7. The van der Waals surface area contributed by atoms with Crippen molar-refractivity contribution in [2.45, 2.75) is 31.8 Å². The molecule has 2 fully saturated rings. The van der Waals surface area contributed by atoms with E-state index in [1.807, 2.05) is 10.3 Å². The fraction of sp³-hybridized carbons (Fsp3) is 0.625. The van der Waals surface area contributed by atoms with Crippen LogP contribution in [0.4, 0.5) is 0 Å². The van der Waals surface area contributed by atoms with E-state index in [1.54, 1.807) is 23.6 Å². The Kier molecular flexibility index (Phi) is 4.90. The Morgan fingerprint density at radius 2 is 2.41 bits per heavy atom. The number of nitrogens with zero attached hydrogens (tertiary/aromatic N) is 2. The van der Waals surface area contributed by atoms with Crippen LogP contribution in [0.3, 0.4) is 0 Å². The number of ether oxygens (including phenoxy) is 1. The largest absolute Gasteiger partial charge is 0.368 e. The maximum Gasteiger partial charge on any atom is 0.249 e. The van der Waals surface area contributed by atoms with Gasteiger partial charge in [-0.25, -0.2) is 4.98 Å². The minimum atomic E-state index is 0.0671. The van der Waals surface area contributed by atoms with Gasteiger partial charge in [0.25, 0.3) is 0 Å². The Labute approximate surface area is 135 Å². The van der Waals surface area contributed by atoms with Gasteiger partial charge in [0.2, 0.25) is 5.91 Å². The van der Waals surface area contributed by atoms with Crippen LogP contribution in [-0.4, -0.2) is 48.1 Å². The predicted octanol–water partition coefficient (Wildman–Crippen LogP) is 1.82. The third kappa shape index (κ3) is 3.39. The van der Waals surface area contributed by atoms with Crippen molar-refractivity contribution in [3.63, 3.8) is 0 Å². The lowest BCUT2D eigenvalue weighted by molar-refractivity contribution is -0.137. The van der Waals surface area contributed by atoms with Crippen LogP contribution in [0, 0.1) is 5.41 Å². The highest BCUT2D eigenvalue weighted by atomic mass is 32.1. The lowest BCUT2D eigenvalue weighted by Crippen LogP contribution is -2.40. The summed E-state index contributed by atoms with van der Waals surface area (Å²) < 4.78 is 5.36. The molecule has 2 aliphatic rings. The summed E-state index contributed by atoms with van der Waals surface area (Å²) in [7, 11) is 0. The van der Waals surface area contributed by atoms with Gasteiger partial charge in [-0.2, -0.15) is 0 Å². The van der Waals surface area contributed by atoms with Gasteiger partial charge in [0.15, 0.2) is 0 Å².